The second-order valence-electron chi connectivity index (χ2n) is 6.08. The molecule has 3 rings (SSSR count). The number of thiophene rings is 1. The summed E-state index contributed by atoms with van der Waals surface area (Å²) in [4.78, 5) is 19.0. The molecule has 0 saturated carbocycles. The smallest absolute Gasteiger partial charge is 0.169 e. The molecular weight excluding hydrogens is 294 g/mol. The molecule has 0 N–H and O–H groups in total. The van der Waals surface area contributed by atoms with Crippen LogP contribution in [0.5, 0.6) is 0 Å². The Labute approximate surface area is 135 Å². The first-order chi connectivity index (χ1) is 10.7. The van der Waals surface area contributed by atoms with Crippen molar-refractivity contribution >= 4 is 17.1 Å². The fourth-order valence-corrected chi connectivity index (χ4v) is 4.00. The molecule has 22 heavy (non-hydrogen) atoms. The molecule has 4 nitrogen and oxygen atoms in total. The minimum absolute atomic E-state index is 0.173. The van der Waals surface area contributed by atoms with Gasteiger partial charge in [-0.2, -0.15) is 0 Å². The summed E-state index contributed by atoms with van der Waals surface area (Å²) in [6.45, 7) is 4.81. The van der Waals surface area contributed by atoms with E-state index >= 15 is 0 Å². The number of nitrogens with zero attached hydrogens (tertiary/aromatic N) is 3. The molecule has 0 amide bonds. The lowest BCUT2D eigenvalue weighted by molar-refractivity contribution is 0.102. The third kappa shape index (κ3) is 3.84. The molecular formula is C17H23N3OS. The van der Waals surface area contributed by atoms with Crippen LogP contribution in [-0.4, -0.2) is 32.8 Å². The van der Waals surface area contributed by atoms with Gasteiger partial charge in [-0.3, -0.25) is 9.69 Å². The predicted molar refractivity (Wildman–Crippen MR) is 89.2 cm³/mol. The number of hydrogen-bond acceptors (Lipinski definition) is 4. The van der Waals surface area contributed by atoms with Crippen molar-refractivity contribution in [2.75, 3.05) is 6.54 Å². The van der Waals surface area contributed by atoms with Gasteiger partial charge in [0.15, 0.2) is 5.78 Å². The van der Waals surface area contributed by atoms with Crippen molar-refractivity contribution in [1.82, 2.24) is 14.5 Å². The van der Waals surface area contributed by atoms with Gasteiger partial charge in [0.1, 0.15) is 0 Å². The van der Waals surface area contributed by atoms with Crippen molar-refractivity contribution in [3.63, 3.8) is 0 Å². The number of carbonyl (C=O) groups excluding carboxylic acids is 1. The van der Waals surface area contributed by atoms with E-state index in [0.29, 0.717) is 6.04 Å². The SMILES string of the molecule is CC(=O)c1cc(CN2CCCC[C@@H]2CCn2ccnc2)cs1. The summed E-state index contributed by atoms with van der Waals surface area (Å²) in [5, 5.41) is 2.14. The van der Waals surface area contributed by atoms with Crippen LogP contribution in [-0.2, 0) is 13.1 Å². The van der Waals surface area contributed by atoms with Crippen LogP contribution in [0.15, 0.2) is 30.2 Å². The zero-order valence-corrected chi connectivity index (χ0v) is 13.9. The average Bonchev–Trinajstić information content (AvgIpc) is 3.17. The summed E-state index contributed by atoms with van der Waals surface area (Å²) in [5.74, 6) is 0.173. The lowest BCUT2D eigenvalue weighted by Gasteiger charge is -2.35. The van der Waals surface area contributed by atoms with Crippen LogP contribution in [0.1, 0.15) is 47.8 Å². The Hall–Kier alpha value is -1.46. The summed E-state index contributed by atoms with van der Waals surface area (Å²) >= 11 is 1.57. The van der Waals surface area contributed by atoms with Gasteiger partial charge in [-0.1, -0.05) is 6.42 Å². The summed E-state index contributed by atoms with van der Waals surface area (Å²) in [7, 11) is 0. The first kappa shape index (κ1) is 15.4. The summed E-state index contributed by atoms with van der Waals surface area (Å²) < 4.78 is 2.16. The molecule has 0 aliphatic carbocycles. The number of imidazole rings is 1. The van der Waals surface area contributed by atoms with E-state index in [-0.39, 0.29) is 5.78 Å². The van der Waals surface area contributed by atoms with E-state index in [0.717, 1.165) is 18.0 Å². The molecule has 1 aliphatic heterocycles. The van der Waals surface area contributed by atoms with E-state index in [9.17, 15) is 4.79 Å². The van der Waals surface area contributed by atoms with Crippen LogP contribution in [0, 0.1) is 0 Å². The first-order valence-corrected chi connectivity index (χ1v) is 8.88. The highest BCUT2D eigenvalue weighted by Gasteiger charge is 2.22. The number of aryl methyl sites for hydroxylation is 1. The summed E-state index contributed by atoms with van der Waals surface area (Å²) in [5.41, 5.74) is 1.28. The van der Waals surface area contributed by atoms with Crippen LogP contribution in [0.3, 0.4) is 0 Å². The number of likely N-dealkylation sites (tertiary alicyclic amines) is 1. The van der Waals surface area contributed by atoms with E-state index < -0.39 is 0 Å². The normalized spacial score (nSPS) is 19.4. The van der Waals surface area contributed by atoms with Gasteiger partial charge in [-0.15, -0.1) is 11.3 Å². The molecule has 1 aliphatic rings. The lowest BCUT2D eigenvalue weighted by Crippen LogP contribution is -2.39. The third-order valence-electron chi connectivity index (χ3n) is 4.42. The maximum atomic E-state index is 11.4. The van der Waals surface area contributed by atoms with Crippen molar-refractivity contribution in [2.45, 2.75) is 51.7 Å². The van der Waals surface area contributed by atoms with Gasteiger partial charge in [0.2, 0.25) is 0 Å². The molecule has 0 radical (unpaired) electrons. The fraction of sp³-hybridized carbons (Fsp3) is 0.529. The molecule has 5 heteroatoms. The van der Waals surface area contributed by atoms with E-state index in [1.54, 1.807) is 18.3 Å². The number of piperidine rings is 1. The molecule has 1 fully saturated rings. The maximum Gasteiger partial charge on any atom is 0.169 e. The second-order valence-corrected chi connectivity index (χ2v) is 7.00. The summed E-state index contributed by atoms with van der Waals surface area (Å²) in [6.07, 6.45) is 10.8. The maximum absolute atomic E-state index is 11.4. The fourth-order valence-electron chi connectivity index (χ4n) is 3.19. The molecule has 2 aromatic rings. The van der Waals surface area contributed by atoms with Gasteiger partial charge >= 0.3 is 0 Å². The molecule has 3 heterocycles. The number of Topliss-reactive ketones (excluding diaryl/α,β-unsaturated/α-hetero) is 1. The van der Waals surface area contributed by atoms with Crippen LogP contribution in [0.2, 0.25) is 0 Å². The quantitative estimate of drug-likeness (QED) is 0.764. The Morgan fingerprint density at radius 1 is 1.45 bits per heavy atom. The van der Waals surface area contributed by atoms with E-state index in [2.05, 4.69) is 25.9 Å². The van der Waals surface area contributed by atoms with Gasteiger partial charge < -0.3 is 4.57 Å². The zero-order valence-electron chi connectivity index (χ0n) is 13.1. The van der Waals surface area contributed by atoms with E-state index in [1.807, 2.05) is 18.7 Å². The topological polar surface area (TPSA) is 38.1 Å². The Balaban J connectivity index is 1.60. The Morgan fingerprint density at radius 2 is 2.36 bits per heavy atom. The molecule has 0 spiro atoms. The van der Waals surface area contributed by atoms with Gasteiger partial charge in [0, 0.05) is 31.5 Å². The Morgan fingerprint density at radius 3 is 3.09 bits per heavy atom. The van der Waals surface area contributed by atoms with Crippen LogP contribution < -0.4 is 0 Å². The average molecular weight is 317 g/mol. The molecule has 0 unspecified atom stereocenters. The zero-order chi connectivity index (χ0) is 15.4. The van der Waals surface area contributed by atoms with Gasteiger partial charge in [-0.05, 0) is 49.7 Å². The molecule has 0 aromatic carbocycles. The van der Waals surface area contributed by atoms with Gasteiger partial charge in [0.25, 0.3) is 0 Å². The predicted octanol–water partition coefficient (Wildman–Crippen LogP) is 3.59. The number of ketones is 1. The van der Waals surface area contributed by atoms with Crippen molar-refractivity contribution in [3.8, 4) is 0 Å². The van der Waals surface area contributed by atoms with Crippen molar-refractivity contribution in [1.29, 1.82) is 0 Å². The molecule has 1 atom stereocenters. The van der Waals surface area contributed by atoms with Gasteiger partial charge in [-0.25, -0.2) is 4.98 Å². The van der Waals surface area contributed by atoms with E-state index in [1.165, 1.54) is 37.8 Å². The second kappa shape index (κ2) is 7.20. The van der Waals surface area contributed by atoms with Crippen LogP contribution in [0.25, 0.3) is 0 Å². The Kier molecular flexibility index (Phi) is 5.05. The highest BCUT2D eigenvalue weighted by atomic mass is 32.1. The third-order valence-corrected chi connectivity index (χ3v) is 5.50. The number of carbonyl (C=O) groups is 1. The highest BCUT2D eigenvalue weighted by molar-refractivity contribution is 7.12. The largest absolute Gasteiger partial charge is 0.337 e. The monoisotopic (exact) mass is 317 g/mol. The van der Waals surface area contributed by atoms with Crippen LogP contribution in [0.4, 0.5) is 0 Å². The lowest BCUT2D eigenvalue weighted by atomic mass is 9.98. The minimum atomic E-state index is 0.173. The minimum Gasteiger partial charge on any atom is -0.337 e. The van der Waals surface area contributed by atoms with Gasteiger partial charge in [0.05, 0.1) is 11.2 Å². The Bertz CT molecular complexity index is 605. The van der Waals surface area contributed by atoms with Crippen molar-refractivity contribution < 1.29 is 4.79 Å². The molecule has 0 bridgehead atoms. The highest BCUT2D eigenvalue weighted by Crippen LogP contribution is 2.24. The number of aromatic nitrogens is 2. The summed E-state index contributed by atoms with van der Waals surface area (Å²) in [6, 6.07) is 2.70. The van der Waals surface area contributed by atoms with Crippen molar-refractivity contribution in [3.05, 3.63) is 40.6 Å². The van der Waals surface area contributed by atoms with Crippen molar-refractivity contribution in [2.24, 2.45) is 0 Å². The number of rotatable bonds is 6. The molecule has 2 aromatic heterocycles. The standard InChI is InChI=1S/C17H23N3OS/c1-14(21)17-10-15(12-22-17)11-20-7-3-2-4-16(20)5-8-19-9-6-18-13-19/h6,9-10,12-13,16H,2-5,7-8,11H2,1H3/t16-/m1/s1. The molecule has 1 saturated heterocycles. The van der Waals surface area contributed by atoms with Crippen LogP contribution >= 0.6 is 11.3 Å². The molecule has 118 valence electrons. The number of hydrogen-bond donors (Lipinski definition) is 0. The van der Waals surface area contributed by atoms with E-state index in [4.69, 9.17) is 0 Å². The first-order valence-electron chi connectivity index (χ1n) is 8.00.